The van der Waals surface area contributed by atoms with Crippen molar-refractivity contribution in [2.45, 2.75) is 24.9 Å². The van der Waals surface area contributed by atoms with E-state index in [1.54, 1.807) is 7.11 Å². The molecule has 1 fully saturated rings. The number of carboxylic acid groups (broad SMARTS) is 1. The van der Waals surface area contributed by atoms with Crippen molar-refractivity contribution >= 4 is 6.09 Å². The second-order valence-corrected chi connectivity index (χ2v) is 3.49. The van der Waals surface area contributed by atoms with E-state index in [9.17, 15) is 4.79 Å². The summed E-state index contributed by atoms with van der Waals surface area (Å²) in [6.45, 7) is 0.899. The molecule has 1 saturated heterocycles. The van der Waals surface area contributed by atoms with Crippen LogP contribution in [0.4, 0.5) is 4.79 Å². The van der Waals surface area contributed by atoms with Crippen LogP contribution in [-0.2, 0) is 4.74 Å². The number of hydrogen-bond acceptors (Lipinski definition) is 3. The van der Waals surface area contributed by atoms with Gasteiger partial charge in [0.05, 0.1) is 18.1 Å². The van der Waals surface area contributed by atoms with Crippen molar-refractivity contribution in [3.63, 3.8) is 0 Å². The standard InChI is InChI=1S/C9H14N2O3/c1-14-9(2-5-10)3-6-11(7-4-9)8(12)13/h2-4,6-7H2,1H3,(H,12,13). The number of nitrogens with zero attached hydrogens (tertiary/aromatic N) is 2. The van der Waals surface area contributed by atoms with Gasteiger partial charge >= 0.3 is 6.09 Å². The summed E-state index contributed by atoms with van der Waals surface area (Å²) in [5, 5.41) is 17.4. The molecule has 0 atom stereocenters. The van der Waals surface area contributed by atoms with Crippen LogP contribution in [0.5, 0.6) is 0 Å². The summed E-state index contributed by atoms with van der Waals surface area (Å²) in [6.07, 6.45) is 0.635. The van der Waals surface area contributed by atoms with E-state index in [0.717, 1.165) is 0 Å². The van der Waals surface area contributed by atoms with Crippen LogP contribution in [0.15, 0.2) is 0 Å². The van der Waals surface area contributed by atoms with E-state index in [0.29, 0.717) is 32.4 Å². The fourth-order valence-corrected chi connectivity index (χ4v) is 1.70. The van der Waals surface area contributed by atoms with Gasteiger partial charge in [-0.25, -0.2) is 4.79 Å². The first kappa shape index (κ1) is 10.8. The maximum Gasteiger partial charge on any atom is 0.407 e. The van der Waals surface area contributed by atoms with Crippen LogP contribution in [0.3, 0.4) is 0 Å². The van der Waals surface area contributed by atoms with E-state index in [4.69, 9.17) is 15.1 Å². The lowest BCUT2D eigenvalue weighted by Crippen LogP contribution is -2.47. The van der Waals surface area contributed by atoms with Crippen LogP contribution in [0.1, 0.15) is 19.3 Å². The molecule has 1 N–H and O–H groups in total. The van der Waals surface area contributed by atoms with Gasteiger partial charge in [0.1, 0.15) is 0 Å². The number of amides is 1. The smallest absolute Gasteiger partial charge is 0.407 e. The zero-order chi connectivity index (χ0) is 10.6. The molecule has 1 rings (SSSR count). The van der Waals surface area contributed by atoms with E-state index in [1.807, 2.05) is 0 Å². The van der Waals surface area contributed by atoms with E-state index in [2.05, 4.69) is 6.07 Å². The van der Waals surface area contributed by atoms with Gasteiger partial charge in [-0.05, 0) is 12.8 Å². The van der Waals surface area contributed by atoms with Gasteiger partial charge in [-0.3, -0.25) is 0 Å². The molecule has 0 unspecified atom stereocenters. The highest BCUT2D eigenvalue weighted by Gasteiger charge is 2.35. The van der Waals surface area contributed by atoms with E-state index in [1.165, 1.54) is 4.90 Å². The zero-order valence-electron chi connectivity index (χ0n) is 8.19. The Kier molecular flexibility index (Phi) is 3.31. The van der Waals surface area contributed by atoms with Crippen LogP contribution in [0, 0.1) is 11.3 Å². The van der Waals surface area contributed by atoms with Crippen molar-refractivity contribution in [2.75, 3.05) is 20.2 Å². The summed E-state index contributed by atoms with van der Waals surface area (Å²) in [4.78, 5) is 12.0. The van der Waals surface area contributed by atoms with Crippen LogP contribution < -0.4 is 0 Å². The van der Waals surface area contributed by atoms with Gasteiger partial charge in [0, 0.05) is 20.2 Å². The van der Waals surface area contributed by atoms with Crippen molar-refractivity contribution in [3.05, 3.63) is 0 Å². The number of nitriles is 1. The second kappa shape index (κ2) is 4.29. The maximum atomic E-state index is 10.6. The highest BCUT2D eigenvalue weighted by molar-refractivity contribution is 5.65. The number of carbonyl (C=O) groups is 1. The SMILES string of the molecule is COC1(CC#N)CCN(C(=O)O)CC1. The second-order valence-electron chi connectivity index (χ2n) is 3.49. The number of hydrogen-bond donors (Lipinski definition) is 1. The number of ether oxygens (including phenoxy) is 1. The lowest BCUT2D eigenvalue weighted by molar-refractivity contribution is -0.0493. The van der Waals surface area contributed by atoms with Gasteiger partial charge in [-0.1, -0.05) is 0 Å². The van der Waals surface area contributed by atoms with Crippen molar-refractivity contribution in [1.29, 1.82) is 5.26 Å². The molecule has 0 radical (unpaired) electrons. The van der Waals surface area contributed by atoms with Crippen molar-refractivity contribution in [3.8, 4) is 6.07 Å². The van der Waals surface area contributed by atoms with Crippen molar-refractivity contribution in [1.82, 2.24) is 4.90 Å². The Morgan fingerprint density at radius 1 is 1.64 bits per heavy atom. The average molecular weight is 198 g/mol. The molecule has 0 spiro atoms. The maximum absolute atomic E-state index is 10.6. The number of likely N-dealkylation sites (tertiary alicyclic amines) is 1. The molecule has 5 nitrogen and oxygen atoms in total. The first-order valence-electron chi connectivity index (χ1n) is 4.53. The lowest BCUT2D eigenvalue weighted by atomic mass is 9.88. The summed E-state index contributed by atoms with van der Waals surface area (Å²) < 4.78 is 5.31. The van der Waals surface area contributed by atoms with Crippen LogP contribution in [0.2, 0.25) is 0 Å². The largest absolute Gasteiger partial charge is 0.465 e. The normalized spacial score (nSPS) is 20.1. The molecule has 0 aliphatic carbocycles. The minimum Gasteiger partial charge on any atom is -0.465 e. The Balaban J connectivity index is 2.55. The van der Waals surface area contributed by atoms with Gasteiger partial charge in [0.2, 0.25) is 0 Å². The van der Waals surface area contributed by atoms with Gasteiger partial charge in [-0.15, -0.1) is 0 Å². The van der Waals surface area contributed by atoms with Crippen LogP contribution >= 0.6 is 0 Å². The summed E-state index contributed by atoms with van der Waals surface area (Å²) in [6, 6.07) is 2.08. The summed E-state index contributed by atoms with van der Waals surface area (Å²) >= 11 is 0. The predicted molar refractivity (Wildman–Crippen MR) is 48.8 cm³/mol. The van der Waals surface area contributed by atoms with Crippen LogP contribution in [-0.4, -0.2) is 41.9 Å². The third-order valence-corrected chi connectivity index (χ3v) is 2.78. The quantitative estimate of drug-likeness (QED) is 0.720. The minimum absolute atomic E-state index is 0.330. The van der Waals surface area contributed by atoms with Crippen molar-refractivity contribution < 1.29 is 14.6 Å². The fraction of sp³-hybridized carbons (Fsp3) is 0.778. The molecule has 1 amide bonds. The first-order valence-corrected chi connectivity index (χ1v) is 4.53. The first-order chi connectivity index (χ1) is 6.63. The molecule has 0 aromatic carbocycles. The Morgan fingerprint density at radius 3 is 2.57 bits per heavy atom. The number of methoxy groups -OCH3 is 1. The Hall–Kier alpha value is -1.28. The molecular formula is C9H14N2O3. The topological polar surface area (TPSA) is 73.6 Å². The average Bonchev–Trinajstić information content (AvgIpc) is 2.19. The third kappa shape index (κ3) is 2.15. The summed E-state index contributed by atoms with van der Waals surface area (Å²) in [5.74, 6) is 0. The molecule has 1 aliphatic heterocycles. The molecule has 1 heterocycles. The fourth-order valence-electron chi connectivity index (χ4n) is 1.70. The Labute approximate surface area is 82.9 Å². The summed E-state index contributed by atoms with van der Waals surface area (Å²) in [7, 11) is 1.58. The molecule has 0 saturated carbocycles. The molecule has 0 aromatic heterocycles. The highest BCUT2D eigenvalue weighted by atomic mass is 16.5. The highest BCUT2D eigenvalue weighted by Crippen LogP contribution is 2.28. The zero-order valence-corrected chi connectivity index (χ0v) is 8.19. The molecule has 14 heavy (non-hydrogen) atoms. The minimum atomic E-state index is -0.897. The van der Waals surface area contributed by atoms with Crippen LogP contribution in [0.25, 0.3) is 0 Å². The van der Waals surface area contributed by atoms with E-state index >= 15 is 0 Å². The van der Waals surface area contributed by atoms with Crippen molar-refractivity contribution in [2.24, 2.45) is 0 Å². The molecule has 78 valence electrons. The molecular weight excluding hydrogens is 184 g/mol. The number of rotatable bonds is 2. The Bertz CT molecular complexity index is 251. The molecule has 0 aromatic rings. The summed E-state index contributed by atoms with van der Waals surface area (Å²) in [5.41, 5.74) is -0.430. The monoisotopic (exact) mass is 198 g/mol. The number of piperidine rings is 1. The molecule has 1 aliphatic rings. The van der Waals surface area contributed by atoms with Gasteiger partial charge in [-0.2, -0.15) is 5.26 Å². The van der Waals surface area contributed by atoms with Gasteiger partial charge in [0.15, 0.2) is 0 Å². The molecule has 0 bridgehead atoms. The van der Waals surface area contributed by atoms with Gasteiger partial charge < -0.3 is 14.7 Å². The van der Waals surface area contributed by atoms with E-state index in [-0.39, 0.29) is 0 Å². The van der Waals surface area contributed by atoms with Gasteiger partial charge in [0.25, 0.3) is 0 Å². The van der Waals surface area contributed by atoms with E-state index < -0.39 is 11.7 Å². The molecule has 5 heteroatoms. The lowest BCUT2D eigenvalue weighted by Gasteiger charge is -2.38. The third-order valence-electron chi connectivity index (χ3n) is 2.78. The predicted octanol–water partition coefficient (Wildman–Crippen LogP) is 1.06. The Morgan fingerprint density at radius 2 is 2.21 bits per heavy atom.